The molecule has 4 heteroatoms. The molecule has 3 rings (SSSR count). The van der Waals surface area contributed by atoms with E-state index < -0.39 is 0 Å². The Morgan fingerprint density at radius 3 is 3.00 bits per heavy atom. The van der Waals surface area contributed by atoms with Gasteiger partial charge < -0.3 is 4.98 Å². The van der Waals surface area contributed by atoms with Crippen molar-refractivity contribution in [1.29, 1.82) is 0 Å². The van der Waals surface area contributed by atoms with Crippen molar-refractivity contribution < 1.29 is 0 Å². The largest absolute Gasteiger partial charge is 0.345 e. The minimum atomic E-state index is 0.700. The van der Waals surface area contributed by atoms with Crippen LogP contribution in [-0.2, 0) is 0 Å². The molecule has 2 aromatic heterocycles. The van der Waals surface area contributed by atoms with Gasteiger partial charge >= 0.3 is 0 Å². The van der Waals surface area contributed by atoms with Crippen LogP contribution in [0.2, 0.25) is 5.02 Å². The molecule has 3 aromatic rings. The fraction of sp³-hybridized carbons (Fsp3) is 0. The lowest BCUT2D eigenvalue weighted by atomic mass is 10.2. The summed E-state index contributed by atoms with van der Waals surface area (Å²) >= 11 is 5.94. The van der Waals surface area contributed by atoms with Crippen LogP contribution in [0.4, 0.5) is 0 Å². The van der Waals surface area contributed by atoms with E-state index in [1.165, 1.54) is 0 Å². The fourth-order valence-corrected chi connectivity index (χ4v) is 1.80. The van der Waals surface area contributed by atoms with Crippen LogP contribution in [0, 0.1) is 0 Å². The minimum absolute atomic E-state index is 0.700. The van der Waals surface area contributed by atoms with Crippen molar-refractivity contribution in [2.45, 2.75) is 0 Å². The molecule has 0 unspecified atom stereocenters. The maximum absolute atomic E-state index is 5.94. The van der Waals surface area contributed by atoms with Gasteiger partial charge in [-0.25, -0.2) is 4.98 Å². The summed E-state index contributed by atoms with van der Waals surface area (Å²) in [7, 11) is 0. The Morgan fingerprint density at radius 2 is 2.12 bits per heavy atom. The molecule has 0 atom stereocenters. The van der Waals surface area contributed by atoms with E-state index in [9.17, 15) is 0 Å². The van der Waals surface area contributed by atoms with Gasteiger partial charge in [0.15, 0.2) is 5.65 Å². The molecule has 0 saturated carbocycles. The molecule has 0 amide bonds. The van der Waals surface area contributed by atoms with Crippen molar-refractivity contribution in [1.82, 2.24) is 15.0 Å². The van der Waals surface area contributed by atoms with Crippen LogP contribution < -0.4 is 0 Å². The summed E-state index contributed by atoms with van der Waals surface area (Å²) in [5.74, 6) is 0. The van der Waals surface area contributed by atoms with Gasteiger partial charge in [0, 0.05) is 16.8 Å². The molecule has 0 aliphatic heterocycles. The first-order valence-electron chi connectivity index (χ1n) is 4.89. The normalized spacial score (nSPS) is 10.8. The highest BCUT2D eigenvalue weighted by Crippen LogP contribution is 2.21. The molecule has 1 aromatic carbocycles. The third kappa shape index (κ3) is 1.55. The molecule has 0 bridgehead atoms. The van der Waals surface area contributed by atoms with E-state index >= 15 is 0 Å². The van der Waals surface area contributed by atoms with E-state index in [0.717, 1.165) is 22.4 Å². The molecule has 2 heterocycles. The Labute approximate surface area is 97.1 Å². The predicted molar refractivity (Wildman–Crippen MR) is 64.3 cm³/mol. The molecule has 78 valence electrons. The molecule has 0 aliphatic carbocycles. The van der Waals surface area contributed by atoms with Gasteiger partial charge in [-0.1, -0.05) is 23.7 Å². The van der Waals surface area contributed by atoms with Gasteiger partial charge in [-0.2, -0.15) is 0 Å². The van der Waals surface area contributed by atoms with Crippen LogP contribution in [0.1, 0.15) is 0 Å². The third-order valence-corrected chi connectivity index (χ3v) is 2.62. The van der Waals surface area contributed by atoms with Gasteiger partial charge in [-0.15, -0.1) is 0 Å². The molecule has 3 nitrogen and oxygen atoms in total. The van der Waals surface area contributed by atoms with E-state index in [-0.39, 0.29) is 0 Å². The summed E-state index contributed by atoms with van der Waals surface area (Å²) in [6.45, 7) is 0. The molecular formula is C12H8ClN3. The van der Waals surface area contributed by atoms with E-state index in [0.29, 0.717) is 5.02 Å². The SMILES string of the molecule is Clc1cccc(-c2cnc3cc[nH]c3n2)c1. The van der Waals surface area contributed by atoms with Crippen LogP contribution in [0.15, 0.2) is 42.7 Å². The number of rotatable bonds is 1. The van der Waals surface area contributed by atoms with Crippen LogP contribution in [0.5, 0.6) is 0 Å². The van der Waals surface area contributed by atoms with Gasteiger partial charge in [-0.05, 0) is 18.2 Å². The number of halogens is 1. The zero-order valence-corrected chi connectivity index (χ0v) is 9.07. The molecule has 0 radical (unpaired) electrons. The van der Waals surface area contributed by atoms with E-state index in [2.05, 4.69) is 15.0 Å². The van der Waals surface area contributed by atoms with E-state index in [1.54, 1.807) is 6.20 Å². The number of fused-ring (bicyclic) bond motifs is 1. The average Bonchev–Trinajstić information content (AvgIpc) is 2.75. The lowest BCUT2D eigenvalue weighted by Gasteiger charge is -2.00. The summed E-state index contributed by atoms with van der Waals surface area (Å²) in [4.78, 5) is 11.8. The van der Waals surface area contributed by atoms with Crippen LogP contribution in [0.25, 0.3) is 22.4 Å². The van der Waals surface area contributed by atoms with Gasteiger partial charge in [-0.3, -0.25) is 4.98 Å². The highest BCUT2D eigenvalue weighted by Gasteiger charge is 2.03. The molecule has 0 spiro atoms. The van der Waals surface area contributed by atoms with Crippen molar-refractivity contribution in [2.24, 2.45) is 0 Å². The van der Waals surface area contributed by atoms with Gasteiger partial charge in [0.05, 0.1) is 11.9 Å². The van der Waals surface area contributed by atoms with E-state index in [4.69, 9.17) is 11.6 Å². The monoisotopic (exact) mass is 229 g/mol. The van der Waals surface area contributed by atoms with Crippen LogP contribution >= 0.6 is 11.6 Å². The second-order valence-electron chi connectivity index (χ2n) is 3.48. The number of aromatic amines is 1. The Hall–Kier alpha value is -1.87. The average molecular weight is 230 g/mol. The molecule has 0 aliphatic rings. The summed E-state index contributed by atoms with van der Waals surface area (Å²) < 4.78 is 0. The zero-order chi connectivity index (χ0) is 11.0. The molecule has 1 N–H and O–H groups in total. The fourth-order valence-electron chi connectivity index (χ4n) is 1.61. The first-order valence-corrected chi connectivity index (χ1v) is 5.27. The van der Waals surface area contributed by atoms with Crippen molar-refractivity contribution in [2.75, 3.05) is 0 Å². The van der Waals surface area contributed by atoms with Crippen LogP contribution in [0.3, 0.4) is 0 Å². The molecular weight excluding hydrogens is 222 g/mol. The first kappa shape index (κ1) is 9.36. The number of H-pyrrole nitrogens is 1. The molecule has 0 fully saturated rings. The lowest BCUT2D eigenvalue weighted by Crippen LogP contribution is -1.86. The lowest BCUT2D eigenvalue weighted by molar-refractivity contribution is 1.26. The number of hydrogen-bond donors (Lipinski definition) is 1. The number of benzene rings is 1. The number of nitrogens with zero attached hydrogens (tertiary/aromatic N) is 2. The number of hydrogen-bond acceptors (Lipinski definition) is 2. The van der Waals surface area contributed by atoms with E-state index in [1.807, 2.05) is 36.5 Å². The van der Waals surface area contributed by atoms with Gasteiger partial charge in [0.1, 0.15) is 5.52 Å². The van der Waals surface area contributed by atoms with Gasteiger partial charge in [0.25, 0.3) is 0 Å². The second kappa shape index (κ2) is 3.61. The van der Waals surface area contributed by atoms with Crippen molar-refractivity contribution >= 4 is 22.8 Å². The summed E-state index contributed by atoms with van der Waals surface area (Å²) in [6, 6.07) is 9.47. The Balaban J connectivity index is 2.18. The first-order chi connectivity index (χ1) is 7.83. The minimum Gasteiger partial charge on any atom is -0.345 e. The summed E-state index contributed by atoms with van der Waals surface area (Å²) in [5, 5.41) is 0.700. The number of nitrogens with one attached hydrogen (secondary N) is 1. The van der Waals surface area contributed by atoms with Crippen molar-refractivity contribution in [3.05, 3.63) is 47.7 Å². The topological polar surface area (TPSA) is 41.6 Å². The van der Waals surface area contributed by atoms with Crippen molar-refractivity contribution in [3.8, 4) is 11.3 Å². The smallest absolute Gasteiger partial charge is 0.156 e. The van der Waals surface area contributed by atoms with Crippen LogP contribution in [-0.4, -0.2) is 15.0 Å². The maximum Gasteiger partial charge on any atom is 0.156 e. The van der Waals surface area contributed by atoms with Crippen molar-refractivity contribution in [3.63, 3.8) is 0 Å². The Kier molecular flexibility index (Phi) is 2.11. The summed E-state index contributed by atoms with van der Waals surface area (Å²) in [6.07, 6.45) is 3.58. The predicted octanol–water partition coefficient (Wildman–Crippen LogP) is 3.28. The quantitative estimate of drug-likeness (QED) is 0.696. The summed E-state index contributed by atoms with van der Waals surface area (Å²) in [5.41, 5.74) is 3.44. The molecule has 16 heavy (non-hydrogen) atoms. The second-order valence-corrected chi connectivity index (χ2v) is 3.91. The maximum atomic E-state index is 5.94. The Bertz CT molecular complexity index is 645. The van der Waals surface area contributed by atoms with Gasteiger partial charge in [0.2, 0.25) is 0 Å². The zero-order valence-electron chi connectivity index (χ0n) is 8.31. The highest BCUT2D eigenvalue weighted by atomic mass is 35.5. The third-order valence-electron chi connectivity index (χ3n) is 2.38. The molecule has 0 saturated heterocycles. The highest BCUT2D eigenvalue weighted by molar-refractivity contribution is 6.30. The Morgan fingerprint density at radius 1 is 1.19 bits per heavy atom. The standard InChI is InChI=1S/C12H8ClN3/c13-9-3-1-2-8(6-9)11-7-15-10-4-5-14-12(10)16-11/h1-7H,(H,14,16). The number of aromatic nitrogens is 3.